The molecule has 3 saturated heterocycles. The fourth-order valence-electron chi connectivity index (χ4n) is 9.83. The Labute approximate surface area is 424 Å². The second-order valence-corrected chi connectivity index (χ2v) is 23.7. The summed E-state index contributed by atoms with van der Waals surface area (Å²) in [7, 11) is -9.17. The molecule has 0 radical (unpaired) electrons. The first-order valence-corrected chi connectivity index (χ1v) is 27.3. The molecule has 6 aromatic rings. The van der Waals surface area contributed by atoms with E-state index >= 15 is 8.78 Å². The third kappa shape index (κ3) is 10.3. The number of hydrogen-bond donors (Lipinski definition) is 2. The SMILES string of the molecule is CCN(CCC(C)(C)S(=O)(=O)NC(=O)c1cnn2ccc(N3C[C@@H](F)C[C@@H]3c3cc(F)ccc3OC3CC3)cc12)S(=O)(=O)NC(=O)c1cnn2ccc(N3C[C@@H](F)C[C@@H]3c3cc(F)ccc3OC3CCOC3)cc12. The van der Waals surface area contributed by atoms with Crippen molar-refractivity contribution in [1.29, 1.82) is 0 Å². The lowest BCUT2D eigenvalue weighted by molar-refractivity contribution is 0.0971. The van der Waals surface area contributed by atoms with Gasteiger partial charge in [0.05, 0.1) is 70.7 Å². The van der Waals surface area contributed by atoms with E-state index in [1.807, 2.05) is 0 Å². The van der Waals surface area contributed by atoms with Gasteiger partial charge in [0, 0.05) is 80.3 Å². The summed E-state index contributed by atoms with van der Waals surface area (Å²) < 4.78 is 139. The largest absolute Gasteiger partial charge is 0.490 e. The first-order valence-electron chi connectivity index (χ1n) is 24.4. The van der Waals surface area contributed by atoms with Crippen LogP contribution in [-0.2, 0) is 25.0 Å². The third-order valence-corrected chi connectivity index (χ3v) is 17.8. The Morgan fingerprint density at radius 2 is 1.26 bits per heavy atom. The molecule has 24 heteroatoms. The summed E-state index contributed by atoms with van der Waals surface area (Å²) in [5.74, 6) is -2.23. The highest BCUT2D eigenvalue weighted by Crippen LogP contribution is 2.44. The number of carbonyl (C=O) groups excluding carboxylic acids is 2. The zero-order valence-electron chi connectivity index (χ0n) is 40.7. The summed E-state index contributed by atoms with van der Waals surface area (Å²) in [5.41, 5.74) is 2.01. The number of ether oxygens (including phenoxy) is 3. The molecule has 3 aliphatic heterocycles. The Bertz CT molecular complexity index is 3350. The molecular formula is C50H55F4N9O9S2. The summed E-state index contributed by atoms with van der Waals surface area (Å²) in [5, 5.41) is 8.45. The van der Waals surface area contributed by atoms with E-state index in [-0.39, 0.29) is 73.3 Å². The van der Waals surface area contributed by atoms with Gasteiger partial charge in [-0.3, -0.25) is 9.59 Å². The van der Waals surface area contributed by atoms with Crippen molar-refractivity contribution >= 4 is 54.5 Å². The number of nitrogens with zero attached hydrogens (tertiary/aromatic N) is 7. The molecule has 1 aliphatic carbocycles. The van der Waals surface area contributed by atoms with Crippen LogP contribution in [0.15, 0.2) is 85.5 Å². The molecule has 10 rings (SSSR count). The van der Waals surface area contributed by atoms with E-state index in [0.29, 0.717) is 53.6 Å². The monoisotopic (exact) mass is 1070 g/mol. The van der Waals surface area contributed by atoms with Crippen molar-refractivity contribution in [1.82, 2.24) is 33.0 Å². The van der Waals surface area contributed by atoms with Crippen LogP contribution in [0.3, 0.4) is 0 Å². The number of benzene rings is 2. The summed E-state index contributed by atoms with van der Waals surface area (Å²) in [4.78, 5) is 31.1. The summed E-state index contributed by atoms with van der Waals surface area (Å²) in [6.45, 7) is 4.37. The van der Waals surface area contributed by atoms with Crippen LogP contribution in [0.5, 0.6) is 11.5 Å². The van der Waals surface area contributed by atoms with E-state index < -0.39 is 79.4 Å². The lowest BCUT2D eigenvalue weighted by atomic mass is 10.0. The van der Waals surface area contributed by atoms with Crippen LogP contribution < -0.4 is 28.7 Å². The van der Waals surface area contributed by atoms with Gasteiger partial charge in [-0.05, 0) is 93.8 Å². The quantitative estimate of drug-likeness (QED) is 0.0856. The van der Waals surface area contributed by atoms with E-state index in [1.54, 1.807) is 46.3 Å². The molecule has 5 atom stereocenters. The second kappa shape index (κ2) is 20.0. The first-order chi connectivity index (χ1) is 35.3. The Morgan fingerprint density at radius 3 is 1.74 bits per heavy atom. The standard InChI is InChI=1S/C50H55F4N9O9S2/c1-4-59(74(68,69)58-49(65)41-26-56-63-16-12-35(24-45(41)63)61-28-33(54)22-43(61)39-20-31(52)6-10-47(39)72-37-13-18-70-29-37)17-14-50(2,3)73(66,67)57-48(64)40-25-55-62-15-11-34(23-44(40)62)60-27-32(53)21-42(60)38-19-30(51)5-9-46(38)71-36-7-8-36/h5-6,9-12,15-16,19-20,23-26,32-33,36-37,42-43H,4,7-8,13-14,17-18,21-22,27-29H2,1-3H3,(H,57,64)(H,58,65)/t32-,33-,37?,42+,43+/m0/s1. The Kier molecular flexibility index (Phi) is 13.8. The van der Waals surface area contributed by atoms with Crippen LogP contribution in [-0.4, -0.2) is 121 Å². The number of hydrogen-bond acceptors (Lipinski definition) is 13. The fraction of sp³-hybridized carbons (Fsp3) is 0.440. The number of alkyl halides is 2. The molecule has 2 aromatic carbocycles. The van der Waals surface area contributed by atoms with Crippen molar-refractivity contribution in [3.63, 3.8) is 0 Å². The molecule has 1 saturated carbocycles. The molecular weight excluding hydrogens is 1010 g/mol. The van der Waals surface area contributed by atoms with Crippen LogP contribution in [0, 0.1) is 11.6 Å². The average molecular weight is 1070 g/mol. The molecule has 1 unspecified atom stereocenters. The van der Waals surface area contributed by atoms with Crippen molar-refractivity contribution in [2.75, 3.05) is 49.2 Å². The van der Waals surface area contributed by atoms with Crippen molar-refractivity contribution in [2.45, 2.75) is 101 Å². The molecule has 4 aromatic heterocycles. The number of amides is 2. The van der Waals surface area contributed by atoms with Crippen LogP contribution in [0.1, 0.15) is 103 Å². The van der Waals surface area contributed by atoms with E-state index in [4.69, 9.17) is 14.2 Å². The van der Waals surface area contributed by atoms with Gasteiger partial charge in [-0.2, -0.15) is 22.9 Å². The molecule has 0 spiro atoms. The molecule has 4 fully saturated rings. The summed E-state index contributed by atoms with van der Waals surface area (Å²) in [6.07, 6.45) is 4.79. The predicted octanol–water partition coefficient (Wildman–Crippen LogP) is 6.77. The molecule has 2 N–H and O–H groups in total. The first kappa shape index (κ1) is 51.0. The van der Waals surface area contributed by atoms with Gasteiger partial charge in [0.2, 0.25) is 10.0 Å². The maximum Gasteiger partial charge on any atom is 0.304 e. The minimum absolute atomic E-state index is 0.00841. The molecule has 2 amide bonds. The number of carbonyl (C=O) groups is 2. The van der Waals surface area contributed by atoms with Crippen LogP contribution in [0.25, 0.3) is 11.0 Å². The topological polar surface area (TPSA) is 198 Å². The zero-order chi connectivity index (χ0) is 52.3. The van der Waals surface area contributed by atoms with Crippen LogP contribution >= 0.6 is 0 Å². The normalized spacial score (nSPS) is 21.5. The van der Waals surface area contributed by atoms with Gasteiger partial charge in [-0.1, -0.05) is 6.92 Å². The smallest absolute Gasteiger partial charge is 0.304 e. The number of fused-ring (bicyclic) bond motifs is 2. The number of aromatic nitrogens is 4. The maximum atomic E-state index is 15.3. The Balaban J connectivity index is 0.810. The highest BCUT2D eigenvalue weighted by atomic mass is 32.2. The van der Waals surface area contributed by atoms with Crippen LogP contribution in [0.4, 0.5) is 28.9 Å². The average Bonchev–Trinajstić information content (AvgIpc) is 3.89. The molecule has 4 aliphatic rings. The highest BCUT2D eigenvalue weighted by Gasteiger charge is 2.41. The van der Waals surface area contributed by atoms with E-state index in [0.717, 1.165) is 17.1 Å². The maximum absolute atomic E-state index is 15.3. The third-order valence-electron chi connectivity index (χ3n) is 14.2. The molecule has 7 heterocycles. The van der Waals surface area contributed by atoms with Crippen molar-refractivity contribution in [2.24, 2.45) is 0 Å². The lowest BCUT2D eigenvalue weighted by Crippen LogP contribution is -2.48. The van der Waals surface area contributed by atoms with E-state index in [2.05, 4.69) is 19.6 Å². The predicted molar refractivity (Wildman–Crippen MR) is 265 cm³/mol. The highest BCUT2D eigenvalue weighted by molar-refractivity contribution is 7.91. The number of anilines is 2. The van der Waals surface area contributed by atoms with E-state index in [9.17, 15) is 35.2 Å². The fourth-order valence-corrected chi connectivity index (χ4v) is 12.0. The molecule has 74 heavy (non-hydrogen) atoms. The molecule has 0 bridgehead atoms. The van der Waals surface area contributed by atoms with Gasteiger partial charge in [0.15, 0.2) is 0 Å². The minimum atomic E-state index is -4.63. The summed E-state index contributed by atoms with van der Waals surface area (Å²) >= 11 is 0. The number of rotatable bonds is 18. The number of pyridine rings is 2. The lowest BCUT2D eigenvalue weighted by Gasteiger charge is -2.29. The van der Waals surface area contributed by atoms with Gasteiger partial charge in [0.25, 0.3) is 11.8 Å². The Morgan fingerprint density at radius 1 is 0.743 bits per heavy atom. The van der Waals surface area contributed by atoms with Gasteiger partial charge in [0.1, 0.15) is 41.6 Å². The number of nitrogens with one attached hydrogen (secondary N) is 2. The minimum Gasteiger partial charge on any atom is -0.490 e. The van der Waals surface area contributed by atoms with E-state index in [1.165, 1.54) is 78.7 Å². The number of halogens is 4. The number of sulfonamides is 1. The zero-order valence-corrected chi connectivity index (χ0v) is 42.3. The Hall–Kier alpha value is -6.50. The van der Waals surface area contributed by atoms with Crippen molar-refractivity contribution in [3.05, 3.63) is 119 Å². The van der Waals surface area contributed by atoms with Gasteiger partial charge in [-0.25, -0.2) is 44.5 Å². The van der Waals surface area contributed by atoms with Gasteiger partial charge < -0.3 is 24.0 Å². The van der Waals surface area contributed by atoms with Gasteiger partial charge >= 0.3 is 10.2 Å². The molecule has 394 valence electrons. The van der Waals surface area contributed by atoms with Gasteiger partial charge in [-0.15, -0.1) is 0 Å². The second-order valence-electron chi connectivity index (χ2n) is 19.7. The van der Waals surface area contributed by atoms with Crippen LogP contribution in [0.2, 0.25) is 0 Å². The summed E-state index contributed by atoms with van der Waals surface area (Å²) in [6, 6.07) is 13.5. The van der Waals surface area contributed by atoms with Crippen molar-refractivity contribution in [3.8, 4) is 11.5 Å². The van der Waals surface area contributed by atoms with Crippen molar-refractivity contribution < 1.29 is 58.2 Å². The molecule has 18 nitrogen and oxygen atoms in total.